The molecule has 1 N–H and O–H groups in total. The van der Waals surface area contributed by atoms with Crippen molar-refractivity contribution >= 4 is 11.9 Å². The molecule has 0 aliphatic carbocycles. The van der Waals surface area contributed by atoms with Crippen LogP contribution in [0, 0.1) is 12.3 Å². The number of carbonyl (C=O) groups excluding carboxylic acids is 1. The molecule has 1 aliphatic rings. The van der Waals surface area contributed by atoms with Crippen LogP contribution in [0.2, 0.25) is 0 Å². The lowest BCUT2D eigenvalue weighted by atomic mass is 10.1. The van der Waals surface area contributed by atoms with Gasteiger partial charge < -0.3 is 10.0 Å². The van der Waals surface area contributed by atoms with Crippen LogP contribution in [0.15, 0.2) is 18.2 Å². The van der Waals surface area contributed by atoms with Crippen LogP contribution in [0.25, 0.3) is 0 Å². The molecule has 0 aromatic heterocycles. The second-order valence-electron chi connectivity index (χ2n) is 3.59. The first-order valence-corrected chi connectivity index (χ1v) is 4.72. The molecule has 4 nitrogen and oxygen atoms in total. The van der Waals surface area contributed by atoms with E-state index >= 15 is 0 Å². The number of terminal acetylenes is 1. The maximum absolute atomic E-state index is 11.3. The smallest absolute Gasteiger partial charge is 0.335 e. The molecule has 0 fully saturated rings. The molecular weight excluding hydrogens is 206 g/mol. The maximum Gasteiger partial charge on any atom is 0.335 e. The van der Waals surface area contributed by atoms with Crippen molar-refractivity contribution in [3.8, 4) is 12.3 Å². The van der Waals surface area contributed by atoms with Crippen LogP contribution >= 0.6 is 0 Å². The Morgan fingerprint density at radius 1 is 1.31 bits per heavy atom. The average molecular weight is 215 g/mol. The predicted molar refractivity (Wildman–Crippen MR) is 56.5 cm³/mol. The Bertz CT molecular complexity index is 513. The van der Waals surface area contributed by atoms with E-state index in [4.69, 9.17) is 11.5 Å². The summed E-state index contributed by atoms with van der Waals surface area (Å²) in [5, 5.41) is 8.82. The van der Waals surface area contributed by atoms with Gasteiger partial charge in [0.05, 0.1) is 5.56 Å². The van der Waals surface area contributed by atoms with E-state index in [1.165, 1.54) is 11.0 Å². The van der Waals surface area contributed by atoms with Crippen molar-refractivity contribution in [2.24, 2.45) is 0 Å². The lowest BCUT2D eigenvalue weighted by Gasteiger charge is -2.09. The number of amides is 1. The summed E-state index contributed by atoms with van der Waals surface area (Å²) >= 11 is 0. The molecule has 1 aromatic carbocycles. The molecule has 0 bridgehead atoms. The van der Waals surface area contributed by atoms with Gasteiger partial charge in [-0.05, 0) is 29.2 Å². The molecule has 0 saturated carbocycles. The normalized spacial score (nSPS) is 13.1. The number of aromatic carboxylic acids is 1. The van der Waals surface area contributed by atoms with Crippen molar-refractivity contribution in [2.75, 3.05) is 0 Å². The topological polar surface area (TPSA) is 57.6 Å². The first kappa shape index (κ1) is 10.2. The van der Waals surface area contributed by atoms with Gasteiger partial charge in [-0.1, -0.05) is 6.07 Å². The highest BCUT2D eigenvalue weighted by Gasteiger charge is 2.22. The Morgan fingerprint density at radius 3 is 2.62 bits per heavy atom. The quantitative estimate of drug-likeness (QED) is 0.707. The Morgan fingerprint density at radius 2 is 2.00 bits per heavy atom. The molecule has 0 radical (unpaired) electrons. The molecule has 2 rings (SSSR count). The fourth-order valence-corrected chi connectivity index (χ4v) is 1.76. The monoisotopic (exact) mass is 215 g/mol. The van der Waals surface area contributed by atoms with E-state index in [9.17, 15) is 9.59 Å². The summed E-state index contributed by atoms with van der Waals surface area (Å²) in [7, 11) is 0. The third-order valence-electron chi connectivity index (χ3n) is 2.59. The molecule has 0 saturated heterocycles. The standard InChI is InChI=1S/C12H9NO3/c1-2-11(14)13-6-9-4-3-8(12(15)16)5-10(9)7-13/h1,3-5H,6-7H2,(H,15,16). The van der Waals surface area contributed by atoms with Crippen LogP contribution in [0.3, 0.4) is 0 Å². The first-order chi connectivity index (χ1) is 7.61. The van der Waals surface area contributed by atoms with Gasteiger partial charge in [-0.2, -0.15) is 0 Å². The van der Waals surface area contributed by atoms with Crippen molar-refractivity contribution in [1.29, 1.82) is 0 Å². The van der Waals surface area contributed by atoms with Gasteiger partial charge in [-0.15, -0.1) is 6.42 Å². The molecule has 1 amide bonds. The molecule has 16 heavy (non-hydrogen) atoms. The highest BCUT2D eigenvalue weighted by molar-refractivity contribution is 5.93. The zero-order valence-corrected chi connectivity index (χ0v) is 8.43. The lowest BCUT2D eigenvalue weighted by molar-refractivity contribution is -0.125. The molecule has 80 valence electrons. The number of carboxylic acids is 1. The molecule has 0 spiro atoms. The summed E-state index contributed by atoms with van der Waals surface area (Å²) in [6.45, 7) is 0.845. The van der Waals surface area contributed by atoms with Gasteiger partial charge in [0.1, 0.15) is 0 Å². The first-order valence-electron chi connectivity index (χ1n) is 4.72. The van der Waals surface area contributed by atoms with Crippen LogP contribution in [0.4, 0.5) is 0 Å². The van der Waals surface area contributed by atoms with E-state index in [0.29, 0.717) is 13.1 Å². The number of benzene rings is 1. The lowest BCUT2D eigenvalue weighted by Crippen LogP contribution is -2.23. The molecule has 4 heteroatoms. The van der Waals surface area contributed by atoms with Crippen LogP contribution in [-0.4, -0.2) is 21.9 Å². The number of rotatable bonds is 1. The minimum Gasteiger partial charge on any atom is -0.478 e. The van der Waals surface area contributed by atoms with E-state index in [2.05, 4.69) is 0 Å². The van der Waals surface area contributed by atoms with E-state index in [1.54, 1.807) is 12.1 Å². The highest BCUT2D eigenvalue weighted by atomic mass is 16.4. The summed E-state index contributed by atoms with van der Waals surface area (Å²) in [4.78, 5) is 23.5. The number of carboxylic acid groups (broad SMARTS) is 1. The number of hydrogen-bond acceptors (Lipinski definition) is 2. The largest absolute Gasteiger partial charge is 0.478 e. The molecule has 1 aliphatic heterocycles. The van der Waals surface area contributed by atoms with E-state index < -0.39 is 5.97 Å². The molecule has 1 aromatic rings. The summed E-state index contributed by atoms with van der Waals surface area (Å²) < 4.78 is 0. The fourth-order valence-electron chi connectivity index (χ4n) is 1.76. The van der Waals surface area contributed by atoms with E-state index in [0.717, 1.165) is 11.1 Å². The Balaban J connectivity index is 2.29. The van der Waals surface area contributed by atoms with Gasteiger partial charge in [0, 0.05) is 13.1 Å². The third-order valence-corrected chi connectivity index (χ3v) is 2.59. The van der Waals surface area contributed by atoms with Crippen molar-refractivity contribution in [3.05, 3.63) is 34.9 Å². The number of nitrogens with zero attached hydrogens (tertiary/aromatic N) is 1. The van der Waals surface area contributed by atoms with Gasteiger partial charge in [-0.25, -0.2) is 4.79 Å². The van der Waals surface area contributed by atoms with Gasteiger partial charge in [0.2, 0.25) is 0 Å². The molecule has 0 atom stereocenters. The van der Waals surface area contributed by atoms with Crippen molar-refractivity contribution in [3.63, 3.8) is 0 Å². The summed E-state index contributed by atoms with van der Waals surface area (Å²) in [6, 6.07) is 4.84. The minimum absolute atomic E-state index is 0.230. The van der Waals surface area contributed by atoms with Crippen LogP contribution in [0.1, 0.15) is 21.5 Å². The van der Waals surface area contributed by atoms with Gasteiger partial charge in [0.15, 0.2) is 0 Å². The fraction of sp³-hybridized carbons (Fsp3) is 0.167. The number of fused-ring (bicyclic) bond motifs is 1. The van der Waals surface area contributed by atoms with Crippen molar-refractivity contribution in [2.45, 2.75) is 13.1 Å². The Labute approximate surface area is 92.5 Å². The SMILES string of the molecule is C#CC(=O)N1Cc2ccc(C(=O)O)cc2C1. The maximum atomic E-state index is 11.3. The van der Waals surface area contributed by atoms with Crippen molar-refractivity contribution < 1.29 is 14.7 Å². The van der Waals surface area contributed by atoms with Gasteiger partial charge in [-0.3, -0.25) is 4.79 Å². The second kappa shape index (κ2) is 3.70. The Hall–Kier alpha value is -2.28. The van der Waals surface area contributed by atoms with Crippen LogP contribution in [0.5, 0.6) is 0 Å². The summed E-state index contributed by atoms with van der Waals surface area (Å²) in [5.41, 5.74) is 2.03. The minimum atomic E-state index is -0.968. The number of carbonyl (C=O) groups is 2. The summed E-state index contributed by atoms with van der Waals surface area (Å²) in [5.74, 6) is 0.714. The second-order valence-corrected chi connectivity index (χ2v) is 3.59. The molecular formula is C12H9NO3. The third kappa shape index (κ3) is 1.63. The van der Waals surface area contributed by atoms with Gasteiger partial charge in [0.25, 0.3) is 5.91 Å². The summed E-state index contributed by atoms with van der Waals surface area (Å²) in [6.07, 6.45) is 5.03. The Kier molecular flexibility index (Phi) is 2.37. The predicted octanol–water partition coefficient (Wildman–Crippen LogP) is 0.860. The van der Waals surface area contributed by atoms with Gasteiger partial charge >= 0.3 is 5.97 Å². The number of hydrogen-bond donors (Lipinski definition) is 1. The van der Waals surface area contributed by atoms with Crippen LogP contribution in [-0.2, 0) is 17.9 Å². The molecule has 1 heterocycles. The van der Waals surface area contributed by atoms with Crippen LogP contribution < -0.4 is 0 Å². The van der Waals surface area contributed by atoms with E-state index in [-0.39, 0.29) is 11.5 Å². The van der Waals surface area contributed by atoms with Crippen molar-refractivity contribution in [1.82, 2.24) is 4.90 Å². The zero-order chi connectivity index (χ0) is 11.7. The highest BCUT2D eigenvalue weighted by Crippen LogP contribution is 2.23. The average Bonchev–Trinajstić information content (AvgIpc) is 2.70. The zero-order valence-electron chi connectivity index (χ0n) is 8.43. The molecule has 0 unspecified atom stereocenters. The van der Waals surface area contributed by atoms with E-state index in [1.807, 2.05) is 5.92 Å².